The van der Waals surface area contributed by atoms with Crippen LogP contribution in [0.5, 0.6) is 5.75 Å². The molecule has 0 atom stereocenters. The molecular formula is C28H26BN5O2. The monoisotopic (exact) mass is 475 g/mol. The lowest BCUT2D eigenvalue weighted by molar-refractivity contribution is 0.0954. The van der Waals surface area contributed by atoms with Crippen LogP contribution in [0.15, 0.2) is 91.1 Å². The third-order valence-corrected chi connectivity index (χ3v) is 6.04. The van der Waals surface area contributed by atoms with Gasteiger partial charge in [-0.15, -0.1) is 0 Å². The summed E-state index contributed by atoms with van der Waals surface area (Å²) in [6, 6.07) is 26.8. The van der Waals surface area contributed by atoms with E-state index in [1.54, 1.807) is 22.8 Å². The third kappa shape index (κ3) is 4.93. The molecule has 178 valence electrons. The molecule has 0 bridgehead atoms. The van der Waals surface area contributed by atoms with E-state index in [0.29, 0.717) is 42.0 Å². The van der Waals surface area contributed by atoms with Crippen molar-refractivity contribution in [2.24, 2.45) is 0 Å². The van der Waals surface area contributed by atoms with Crippen LogP contribution in [0, 0.1) is 0 Å². The molecule has 3 aromatic carbocycles. The number of nitrogens with zero attached hydrogens (tertiary/aromatic N) is 3. The molecule has 36 heavy (non-hydrogen) atoms. The van der Waals surface area contributed by atoms with E-state index in [1.807, 2.05) is 68.5 Å². The summed E-state index contributed by atoms with van der Waals surface area (Å²) in [5, 5.41) is 21.1. The SMILES string of the molecule is Bc1cnn2c(NCCNC(=O)c3ccccc3Cc3ccccc3)cc(-c3ccccc3O)nc12. The minimum atomic E-state index is -0.104. The van der Waals surface area contributed by atoms with Crippen molar-refractivity contribution in [2.45, 2.75) is 6.42 Å². The molecule has 7 nitrogen and oxygen atoms in total. The predicted octanol–water partition coefficient (Wildman–Crippen LogP) is 2.79. The summed E-state index contributed by atoms with van der Waals surface area (Å²) in [6.45, 7) is 0.916. The van der Waals surface area contributed by atoms with E-state index in [9.17, 15) is 9.90 Å². The molecule has 0 aliphatic heterocycles. The minimum absolute atomic E-state index is 0.104. The maximum Gasteiger partial charge on any atom is 0.251 e. The number of anilines is 1. The Morgan fingerprint density at radius 2 is 1.69 bits per heavy atom. The number of fused-ring (bicyclic) bond motifs is 1. The molecule has 0 spiro atoms. The van der Waals surface area contributed by atoms with E-state index in [-0.39, 0.29) is 11.7 Å². The second-order valence-corrected chi connectivity index (χ2v) is 8.61. The van der Waals surface area contributed by atoms with E-state index in [2.05, 4.69) is 27.9 Å². The molecular weight excluding hydrogens is 449 g/mol. The number of aromatic hydroxyl groups is 1. The zero-order chi connectivity index (χ0) is 24.9. The van der Waals surface area contributed by atoms with Gasteiger partial charge >= 0.3 is 0 Å². The number of nitrogens with one attached hydrogen (secondary N) is 2. The summed E-state index contributed by atoms with van der Waals surface area (Å²) in [5.74, 6) is 0.789. The van der Waals surface area contributed by atoms with Crippen LogP contribution in [-0.4, -0.2) is 46.5 Å². The molecule has 3 N–H and O–H groups in total. The zero-order valence-corrected chi connectivity index (χ0v) is 20.0. The second kappa shape index (κ2) is 10.4. The van der Waals surface area contributed by atoms with E-state index in [1.165, 1.54) is 0 Å². The maximum absolute atomic E-state index is 13.0. The van der Waals surface area contributed by atoms with Crippen molar-refractivity contribution in [2.75, 3.05) is 18.4 Å². The number of amides is 1. The Hall–Kier alpha value is -4.59. The van der Waals surface area contributed by atoms with Crippen molar-refractivity contribution in [3.63, 3.8) is 0 Å². The topological polar surface area (TPSA) is 91.5 Å². The van der Waals surface area contributed by atoms with Crippen molar-refractivity contribution < 1.29 is 9.90 Å². The Labute approximate surface area is 210 Å². The van der Waals surface area contributed by atoms with E-state index in [4.69, 9.17) is 4.98 Å². The zero-order valence-electron chi connectivity index (χ0n) is 20.0. The maximum atomic E-state index is 13.0. The van der Waals surface area contributed by atoms with Gasteiger partial charge in [0.15, 0.2) is 5.65 Å². The molecule has 0 aliphatic rings. The fraction of sp³-hybridized carbons (Fsp3) is 0.107. The highest BCUT2D eigenvalue weighted by Crippen LogP contribution is 2.29. The predicted molar refractivity (Wildman–Crippen MR) is 145 cm³/mol. The Balaban J connectivity index is 1.28. The smallest absolute Gasteiger partial charge is 0.251 e. The standard InChI is InChI=1S/C28H26BN5O2/c29-23-18-32-34-26(17-24(33-27(23)34)22-12-6-7-13-25(22)35)30-14-15-31-28(36)21-11-5-4-10-20(21)16-19-8-2-1-3-9-19/h1-13,17-18,30,35H,14-16,29H2,(H,31,36). The van der Waals surface area contributed by atoms with Gasteiger partial charge in [-0.05, 0) is 41.2 Å². The Bertz CT molecular complexity index is 1520. The quantitative estimate of drug-likeness (QED) is 0.237. The van der Waals surface area contributed by atoms with E-state index >= 15 is 0 Å². The summed E-state index contributed by atoms with van der Waals surface area (Å²) < 4.78 is 1.73. The molecule has 8 heteroatoms. The Kier molecular flexibility index (Phi) is 6.66. The number of phenols is 1. The number of hydrogen-bond donors (Lipinski definition) is 3. The first-order valence-corrected chi connectivity index (χ1v) is 11.9. The van der Waals surface area contributed by atoms with Gasteiger partial charge in [0.25, 0.3) is 5.91 Å². The lowest BCUT2D eigenvalue weighted by Gasteiger charge is -2.13. The van der Waals surface area contributed by atoms with Gasteiger partial charge < -0.3 is 15.7 Å². The van der Waals surface area contributed by atoms with E-state index in [0.717, 1.165) is 22.4 Å². The first-order valence-electron chi connectivity index (χ1n) is 11.9. The van der Waals surface area contributed by atoms with Crippen molar-refractivity contribution in [3.05, 3.63) is 108 Å². The first-order chi connectivity index (χ1) is 17.6. The fourth-order valence-electron chi connectivity index (χ4n) is 4.20. The van der Waals surface area contributed by atoms with Gasteiger partial charge in [0.1, 0.15) is 19.4 Å². The molecule has 5 rings (SSSR count). The summed E-state index contributed by atoms with van der Waals surface area (Å²) in [6.07, 6.45) is 2.46. The van der Waals surface area contributed by atoms with Crippen molar-refractivity contribution in [3.8, 4) is 17.0 Å². The van der Waals surface area contributed by atoms with Crippen LogP contribution in [0.2, 0.25) is 0 Å². The number of rotatable bonds is 8. The van der Waals surface area contributed by atoms with Crippen LogP contribution in [0.1, 0.15) is 21.5 Å². The average Bonchev–Trinajstić information content (AvgIpc) is 3.28. The number of carbonyl (C=O) groups excluding carboxylic acids is 1. The molecule has 5 aromatic rings. The molecule has 0 saturated heterocycles. The molecule has 1 amide bonds. The van der Waals surface area contributed by atoms with Gasteiger partial charge in [-0.1, -0.05) is 60.7 Å². The molecule has 2 heterocycles. The number of para-hydroxylation sites is 1. The number of phenolic OH excluding ortho intramolecular Hbond substituents is 1. The van der Waals surface area contributed by atoms with Gasteiger partial charge in [0.2, 0.25) is 0 Å². The highest BCUT2D eigenvalue weighted by Gasteiger charge is 2.14. The molecule has 0 aliphatic carbocycles. The summed E-state index contributed by atoms with van der Waals surface area (Å²) in [4.78, 5) is 17.7. The van der Waals surface area contributed by atoms with Crippen molar-refractivity contribution >= 4 is 30.7 Å². The molecule has 0 radical (unpaired) electrons. The van der Waals surface area contributed by atoms with Crippen LogP contribution >= 0.6 is 0 Å². The largest absolute Gasteiger partial charge is 0.507 e. The summed E-state index contributed by atoms with van der Waals surface area (Å²) >= 11 is 0. The molecule has 2 aromatic heterocycles. The number of carbonyl (C=O) groups is 1. The van der Waals surface area contributed by atoms with Gasteiger partial charge in [-0.25, -0.2) is 4.98 Å². The lowest BCUT2D eigenvalue weighted by Crippen LogP contribution is -2.30. The summed E-state index contributed by atoms with van der Waals surface area (Å²) in [5.41, 5.74) is 5.76. The lowest BCUT2D eigenvalue weighted by atomic mass is 9.99. The number of benzene rings is 3. The minimum Gasteiger partial charge on any atom is -0.507 e. The fourth-order valence-corrected chi connectivity index (χ4v) is 4.20. The highest BCUT2D eigenvalue weighted by molar-refractivity contribution is 6.36. The molecule has 0 unspecified atom stereocenters. The second-order valence-electron chi connectivity index (χ2n) is 8.61. The molecule has 0 saturated carbocycles. The summed E-state index contributed by atoms with van der Waals surface area (Å²) in [7, 11) is 1.95. The normalized spacial score (nSPS) is 10.9. The Morgan fingerprint density at radius 3 is 2.53 bits per heavy atom. The number of aromatic nitrogens is 3. The van der Waals surface area contributed by atoms with Crippen molar-refractivity contribution in [1.29, 1.82) is 0 Å². The first kappa shape index (κ1) is 23.2. The molecule has 0 fully saturated rings. The van der Waals surface area contributed by atoms with Crippen LogP contribution in [0.3, 0.4) is 0 Å². The van der Waals surface area contributed by atoms with Gasteiger partial charge in [-0.2, -0.15) is 9.61 Å². The van der Waals surface area contributed by atoms with Gasteiger partial charge in [0.05, 0.1) is 5.69 Å². The van der Waals surface area contributed by atoms with Gasteiger partial charge in [0, 0.05) is 36.5 Å². The number of hydrogen-bond acceptors (Lipinski definition) is 5. The van der Waals surface area contributed by atoms with Crippen LogP contribution in [-0.2, 0) is 6.42 Å². The third-order valence-electron chi connectivity index (χ3n) is 6.04. The average molecular weight is 475 g/mol. The van der Waals surface area contributed by atoms with E-state index < -0.39 is 0 Å². The van der Waals surface area contributed by atoms with Crippen LogP contribution in [0.4, 0.5) is 5.82 Å². The van der Waals surface area contributed by atoms with Crippen LogP contribution < -0.4 is 16.1 Å². The Morgan fingerprint density at radius 1 is 0.944 bits per heavy atom. The van der Waals surface area contributed by atoms with Gasteiger partial charge in [-0.3, -0.25) is 4.79 Å². The van der Waals surface area contributed by atoms with Crippen LogP contribution in [0.25, 0.3) is 16.9 Å². The van der Waals surface area contributed by atoms with Crippen molar-refractivity contribution in [1.82, 2.24) is 19.9 Å². The highest BCUT2D eigenvalue weighted by atomic mass is 16.3.